The Morgan fingerprint density at radius 2 is 1.75 bits per heavy atom. The fraction of sp³-hybridized carbons (Fsp3) is 0.138. The lowest BCUT2D eigenvalue weighted by atomic mass is 10.0. The van der Waals surface area contributed by atoms with E-state index in [0.717, 1.165) is 39.4 Å². The number of thiocarbonyl (C=S) groups is 1. The van der Waals surface area contributed by atoms with Gasteiger partial charge in [0.1, 0.15) is 15.8 Å². The zero-order valence-corrected chi connectivity index (χ0v) is 21.7. The number of hydrogen-bond donors (Lipinski definition) is 0. The predicted octanol–water partition coefficient (Wildman–Crippen LogP) is 6.65. The first-order valence-electron chi connectivity index (χ1n) is 11.7. The monoisotopic (exact) mass is 511 g/mol. The highest BCUT2D eigenvalue weighted by Crippen LogP contribution is 2.36. The van der Waals surface area contributed by atoms with Crippen LogP contribution in [0.25, 0.3) is 23.0 Å². The van der Waals surface area contributed by atoms with Gasteiger partial charge in [0.25, 0.3) is 5.91 Å². The molecule has 3 aromatic carbocycles. The Kier molecular flexibility index (Phi) is 7.02. The molecule has 1 fully saturated rings. The highest BCUT2D eigenvalue weighted by atomic mass is 32.2. The summed E-state index contributed by atoms with van der Waals surface area (Å²) in [7, 11) is 0. The van der Waals surface area contributed by atoms with Crippen molar-refractivity contribution in [1.82, 2.24) is 14.7 Å². The van der Waals surface area contributed by atoms with Crippen molar-refractivity contribution in [2.24, 2.45) is 0 Å². The van der Waals surface area contributed by atoms with E-state index in [9.17, 15) is 4.79 Å². The smallest absolute Gasteiger partial charge is 0.266 e. The number of para-hydroxylation sites is 1. The van der Waals surface area contributed by atoms with Crippen molar-refractivity contribution in [3.8, 4) is 22.7 Å². The van der Waals surface area contributed by atoms with Crippen LogP contribution < -0.4 is 4.74 Å². The summed E-state index contributed by atoms with van der Waals surface area (Å²) in [6.07, 6.45) is 3.86. The molecule has 5 rings (SSSR count). The number of rotatable bonds is 7. The maximum absolute atomic E-state index is 13.3. The number of aromatic nitrogens is 2. The van der Waals surface area contributed by atoms with Gasteiger partial charge in [-0.15, -0.1) is 0 Å². The van der Waals surface area contributed by atoms with Crippen LogP contribution in [0, 0.1) is 6.92 Å². The highest BCUT2D eigenvalue weighted by Gasteiger charge is 2.32. The summed E-state index contributed by atoms with van der Waals surface area (Å²) >= 11 is 6.90. The summed E-state index contributed by atoms with van der Waals surface area (Å²) in [6, 6.07) is 25.9. The largest absolute Gasteiger partial charge is 0.494 e. The van der Waals surface area contributed by atoms with Gasteiger partial charge >= 0.3 is 0 Å². The van der Waals surface area contributed by atoms with Gasteiger partial charge in [0, 0.05) is 17.3 Å². The zero-order valence-electron chi connectivity index (χ0n) is 20.0. The van der Waals surface area contributed by atoms with E-state index >= 15 is 0 Å². The Labute approximate surface area is 220 Å². The third-order valence-corrected chi connectivity index (χ3v) is 7.23. The lowest BCUT2D eigenvalue weighted by molar-refractivity contribution is -0.122. The summed E-state index contributed by atoms with van der Waals surface area (Å²) < 4.78 is 8.13. The Balaban J connectivity index is 1.53. The van der Waals surface area contributed by atoms with E-state index in [0.29, 0.717) is 22.4 Å². The summed E-state index contributed by atoms with van der Waals surface area (Å²) in [5.74, 6) is 0.766. The third-order valence-electron chi connectivity index (χ3n) is 5.86. The van der Waals surface area contributed by atoms with E-state index < -0.39 is 0 Å². The molecule has 5 nitrogen and oxygen atoms in total. The number of carbonyl (C=O) groups excluding carboxylic acids is 1. The minimum absolute atomic E-state index is 0.0878. The molecule has 0 N–H and O–H groups in total. The number of amides is 1. The SMILES string of the molecule is CCOc1ccc(-c2nn(-c3ccccc3)cc2C=C2SC(=S)N(Cc3ccccc3)C2=O)cc1C. The average Bonchev–Trinajstić information content (AvgIpc) is 3.43. The van der Waals surface area contributed by atoms with Gasteiger partial charge in [0.2, 0.25) is 0 Å². The van der Waals surface area contributed by atoms with Gasteiger partial charge in [-0.1, -0.05) is 72.5 Å². The molecular formula is C29H25N3O2S2. The van der Waals surface area contributed by atoms with E-state index in [1.54, 1.807) is 4.90 Å². The summed E-state index contributed by atoms with van der Waals surface area (Å²) in [5, 5.41) is 4.90. The second-order valence-electron chi connectivity index (χ2n) is 8.38. The van der Waals surface area contributed by atoms with Gasteiger partial charge < -0.3 is 4.74 Å². The van der Waals surface area contributed by atoms with Crippen molar-refractivity contribution in [3.05, 3.63) is 107 Å². The molecule has 4 aromatic rings. The normalized spacial score (nSPS) is 14.6. The van der Waals surface area contributed by atoms with Gasteiger partial charge in [-0.05, 0) is 61.4 Å². The summed E-state index contributed by atoms with van der Waals surface area (Å²) in [4.78, 5) is 15.6. The molecule has 1 saturated heterocycles. The van der Waals surface area contributed by atoms with Crippen LogP contribution in [0.15, 0.2) is 90.0 Å². The molecule has 36 heavy (non-hydrogen) atoms. The first-order chi connectivity index (χ1) is 17.5. The molecule has 2 heterocycles. The van der Waals surface area contributed by atoms with Crippen molar-refractivity contribution >= 4 is 40.3 Å². The molecule has 1 aliphatic rings. The molecule has 180 valence electrons. The lowest BCUT2D eigenvalue weighted by Crippen LogP contribution is -2.27. The maximum atomic E-state index is 13.3. The van der Waals surface area contributed by atoms with Crippen LogP contribution in [-0.4, -0.2) is 31.5 Å². The molecule has 1 aliphatic heterocycles. The third kappa shape index (κ3) is 4.98. The number of ether oxygens (including phenoxy) is 1. The van der Waals surface area contributed by atoms with Crippen LogP contribution in [0.5, 0.6) is 5.75 Å². The van der Waals surface area contributed by atoms with Crippen molar-refractivity contribution in [2.75, 3.05) is 6.61 Å². The quantitative estimate of drug-likeness (QED) is 0.205. The van der Waals surface area contributed by atoms with Gasteiger partial charge in [-0.3, -0.25) is 9.69 Å². The predicted molar refractivity (Wildman–Crippen MR) is 150 cm³/mol. The Hall–Kier alpha value is -3.68. The van der Waals surface area contributed by atoms with E-state index in [-0.39, 0.29) is 5.91 Å². The summed E-state index contributed by atoms with van der Waals surface area (Å²) in [6.45, 7) is 5.06. The molecule has 0 aliphatic carbocycles. The fourth-order valence-electron chi connectivity index (χ4n) is 4.09. The van der Waals surface area contributed by atoms with Crippen LogP contribution in [0.1, 0.15) is 23.6 Å². The first-order valence-corrected chi connectivity index (χ1v) is 12.9. The number of hydrogen-bond acceptors (Lipinski definition) is 5. The highest BCUT2D eigenvalue weighted by molar-refractivity contribution is 8.26. The minimum atomic E-state index is -0.0878. The molecule has 0 bridgehead atoms. The van der Waals surface area contributed by atoms with E-state index in [1.165, 1.54) is 11.8 Å². The molecule has 7 heteroatoms. The zero-order chi connectivity index (χ0) is 25.1. The molecule has 1 amide bonds. The second kappa shape index (κ2) is 10.5. The number of carbonyl (C=O) groups is 1. The van der Waals surface area contributed by atoms with Crippen molar-refractivity contribution < 1.29 is 9.53 Å². The second-order valence-corrected chi connectivity index (χ2v) is 10.1. The summed E-state index contributed by atoms with van der Waals surface area (Å²) in [5.41, 5.74) is 5.61. The maximum Gasteiger partial charge on any atom is 0.266 e. The first kappa shape index (κ1) is 24.0. The van der Waals surface area contributed by atoms with Crippen molar-refractivity contribution in [3.63, 3.8) is 0 Å². The molecular weight excluding hydrogens is 486 g/mol. The van der Waals surface area contributed by atoms with Gasteiger partial charge in [-0.2, -0.15) is 5.10 Å². The van der Waals surface area contributed by atoms with Crippen LogP contribution in [0.3, 0.4) is 0 Å². The fourth-order valence-corrected chi connectivity index (χ4v) is 5.33. The number of aryl methyl sites for hydroxylation is 1. The Morgan fingerprint density at radius 1 is 1.03 bits per heavy atom. The van der Waals surface area contributed by atoms with Crippen molar-refractivity contribution in [1.29, 1.82) is 0 Å². The average molecular weight is 512 g/mol. The Morgan fingerprint density at radius 3 is 2.44 bits per heavy atom. The van der Waals surface area contributed by atoms with Gasteiger partial charge in [-0.25, -0.2) is 4.68 Å². The van der Waals surface area contributed by atoms with E-state index in [4.69, 9.17) is 22.1 Å². The van der Waals surface area contributed by atoms with Gasteiger partial charge in [0.05, 0.1) is 23.7 Å². The number of nitrogens with zero attached hydrogens (tertiary/aromatic N) is 3. The van der Waals surface area contributed by atoms with E-state index in [1.807, 2.05) is 104 Å². The minimum Gasteiger partial charge on any atom is -0.494 e. The van der Waals surface area contributed by atoms with Crippen LogP contribution in [-0.2, 0) is 11.3 Å². The lowest BCUT2D eigenvalue weighted by Gasteiger charge is -2.14. The van der Waals surface area contributed by atoms with Crippen LogP contribution in [0.4, 0.5) is 0 Å². The standard InChI is InChI=1S/C29H25N3O2S2/c1-3-34-25-15-14-22(16-20(25)2)27-23(19-32(30-27)24-12-8-5-9-13-24)17-26-28(33)31(29(35)36-26)18-21-10-6-4-7-11-21/h4-17,19H,3,18H2,1-2H3. The topological polar surface area (TPSA) is 47.4 Å². The molecule has 0 unspecified atom stereocenters. The Bertz CT molecular complexity index is 1450. The van der Waals surface area contributed by atoms with Crippen LogP contribution >= 0.6 is 24.0 Å². The molecule has 0 saturated carbocycles. The number of thioether (sulfide) groups is 1. The molecule has 0 radical (unpaired) electrons. The number of benzene rings is 3. The molecule has 1 aromatic heterocycles. The molecule has 0 atom stereocenters. The van der Waals surface area contributed by atoms with E-state index in [2.05, 4.69) is 6.07 Å². The van der Waals surface area contributed by atoms with Gasteiger partial charge in [0.15, 0.2) is 0 Å². The van der Waals surface area contributed by atoms with Crippen LogP contribution in [0.2, 0.25) is 0 Å². The van der Waals surface area contributed by atoms with Crippen molar-refractivity contribution in [2.45, 2.75) is 20.4 Å². The molecule has 0 spiro atoms.